The van der Waals surface area contributed by atoms with E-state index >= 15 is 0 Å². The molecule has 0 saturated heterocycles. The molecule has 2 heterocycles. The number of hydrogen-bond donors (Lipinski definition) is 1. The van der Waals surface area contributed by atoms with Crippen molar-refractivity contribution in [3.63, 3.8) is 0 Å². The Labute approximate surface area is 140 Å². The van der Waals surface area contributed by atoms with Gasteiger partial charge in [0.1, 0.15) is 0 Å². The van der Waals surface area contributed by atoms with Crippen LogP contribution in [0.3, 0.4) is 0 Å². The van der Waals surface area contributed by atoms with E-state index in [1.807, 2.05) is 79.2 Å². The molecular weight excluding hydrogens is 298 g/mol. The number of nitrogens with zero attached hydrogens (tertiary/aromatic N) is 4. The van der Waals surface area contributed by atoms with E-state index in [-0.39, 0.29) is 0 Å². The van der Waals surface area contributed by atoms with Gasteiger partial charge in [0.15, 0.2) is 11.6 Å². The topological polar surface area (TPSA) is 55.6 Å². The van der Waals surface area contributed by atoms with E-state index in [4.69, 9.17) is 9.97 Å². The molecule has 0 spiro atoms. The smallest absolute Gasteiger partial charge is 0.197 e. The molecule has 0 aliphatic rings. The molecule has 0 amide bonds. The van der Waals surface area contributed by atoms with Gasteiger partial charge in [0, 0.05) is 11.4 Å². The molecule has 0 bridgehead atoms. The molecule has 1 N–H and O–H groups in total. The lowest BCUT2D eigenvalue weighted by Crippen LogP contribution is -2.08. The van der Waals surface area contributed by atoms with Crippen LogP contribution in [0.1, 0.15) is 11.4 Å². The number of nitrogens with one attached hydrogen (secondary N) is 1. The maximum atomic E-state index is 4.79. The molecule has 0 aliphatic carbocycles. The Bertz CT molecular complexity index is 1000. The van der Waals surface area contributed by atoms with Crippen LogP contribution in [-0.2, 0) is 0 Å². The fourth-order valence-electron chi connectivity index (χ4n) is 2.72. The van der Waals surface area contributed by atoms with E-state index in [1.165, 1.54) is 0 Å². The van der Waals surface area contributed by atoms with Gasteiger partial charge >= 0.3 is 0 Å². The van der Waals surface area contributed by atoms with Crippen LogP contribution in [0.15, 0.2) is 60.7 Å². The largest absolute Gasteiger partial charge is 0.337 e. The maximum absolute atomic E-state index is 4.79. The van der Waals surface area contributed by atoms with Gasteiger partial charge in [0.25, 0.3) is 0 Å². The van der Waals surface area contributed by atoms with E-state index in [1.54, 1.807) is 0 Å². The van der Waals surface area contributed by atoms with Crippen LogP contribution in [0, 0.1) is 13.8 Å². The Kier molecular flexibility index (Phi) is 3.46. The zero-order valence-electron chi connectivity index (χ0n) is 13.6. The van der Waals surface area contributed by atoms with Crippen molar-refractivity contribution in [2.75, 3.05) is 5.32 Å². The van der Waals surface area contributed by atoms with Gasteiger partial charge in [-0.2, -0.15) is 5.10 Å². The maximum Gasteiger partial charge on any atom is 0.197 e. The van der Waals surface area contributed by atoms with Crippen LogP contribution in [0.4, 0.5) is 11.5 Å². The minimum atomic E-state index is 0.686. The van der Waals surface area contributed by atoms with Gasteiger partial charge in [-0.1, -0.05) is 30.3 Å². The van der Waals surface area contributed by atoms with Gasteiger partial charge < -0.3 is 5.32 Å². The first-order chi connectivity index (χ1) is 11.7. The first-order valence-corrected chi connectivity index (χ1v) is 7.83. The average Bonchev–Trinajstić information content (AvgIpc) is 2.93. The van der Waals surface area contributed by atoms with Gasteiger partial charge in [-0.05, 0) is 44.2 Å². The van der Waals surface area contributed by atoms with Crippen LogP contribution in [0.5, 0.6) is 0 Å². The molecule has 0 fully saturated rings. The molecule has 0 saturated carbocycles. The number of hydrogen-bond acceptors (Lipinski definition) is 4. The summed E-state index contributed by atoms with van der Waals surface area (Å²) in [5.74, 6) is 1.38. The number of aromatic nitrogens is 4. The number of para-hydroxylation sites is 3. The summed E-state index contributed by atoms with van der Waals surface area (Å²) in [6.07, 6.45) is 0. The zero-order valence-corrected chi connectivity index (χ0v) is 13.6. The Balaban J connectivity index is 1.92. The van der Waals surface area contributed by atoms with Crippen LogP contribution in [0.25, 0.3) is 16.9 Å². The lowest BCUT2D eigenvalue weighted by molar-refractivity contribution is 0.808. The van der Waals surface area contributed by atoms with Gasteiger partial charge in [-0.15, -0.1) is 0 Å². The highest BCUT2D eigenvalue weighted by Crippen LogP contribution is 2.24. The lowest BCUT2D eigenvalue weighted by atomic mass is 10.3. The van der Waals surface area contributed by atoms with Crippen molar-refractivity contribution < 1.29 is 0 Å². The monoisotopic (exact) mass is 315 g/mol. The van der Waals surface area contributed by atoms with Crippen LogP contribution < -0.4 is 5.32 Å². The Hall–Kier alpha value is -3.21. The molecule has 5 nitrogen and oxygen atoms in total. The highest BCUT2D eigenvalue weighted by Gasteiger charge is 2.14. The predicted molar refractivity (Wildman–Crippen MR) is 95.9 cm³/mol. The van der Waals surface area contributed by atoms with Crippen molar-refractivity contribution in [2.45, 2.75) is 13.8 Å². The fourth-order valence-corrected chi connectivity index (χ4v) is 2.72. The second-order valence-corrected chi connectivity index (χ2v) is 5.71. The minimum absolute atomic E-state index is 0.686. The second kappa shape index (κ2) is 5.77. The quantitative estimate of drug-likeness (QED) is 0.616. The van der Waals surface area contributed by atoms with Crippen LogP contribution in [0.2, 0.25) is 0 Å². The highest BCUT2D eigenvalue weighted by atomic mass is 15.3. The van der Waals surface area contributed by atoms with E-state index in [0.29, 0.717) is 11.6 Å². The molecule has 118 valence electrons. The summed E-state index contributed by atoms with van der Waals surface area (Å²) in [5, 5.41) is 7.93. The number of fused-ring (bicyclic) bond motifs is 1. The molecule has 5 heteroatoms. The van der Waals surface area contributed by atoms with Crippen molar-refractivity contribution in [1.82, 2.24) is 19.7 Å². The third-order valence-electron chi connectivity index (χ3n) is 3.80. The summed E-state index contributed by atoms with van der Waals surface area (Å²) >= 11 is 0. The Morgan fingerprint density at radius 1 is 0.833 bits per heavy atom. The van der Waals surface area contributed by atoms with Gasteiger partial charge in [0.05, 0.1) is 16.7 Å². The standard InChI is InChI=1S/C19H17N5/c1-13-12-14(2)24(23-13)19-18(20-15-8-4-3-5-9-15)21-16-10-6-7-11-17(16)22-19/h3-12H,1-2H3,(H,20,21). The number of aryl methyl sites for hydroxylation is 2. The highest BCUT2D eigenvalue weighted by molar-refractivity contribution is 5.79. The van der Waals surface area contributed by atoms with Crippen LogP contribution in [-0.4, -0.2) is 19.7 Å². The molecule has 4 rings (SSSR count). The SMILES string of the molecule is Cc1cc(C)n(-c2nc3ccccc3nc2Nc2ccccc2)n1. The molecule has 0 unspecified atom stereocenters. The Morgan fingerprint density at radius 2 is 1.50 bits per heavy atom. The molecule has 4 aromatic rings. The lowest BCUT2D eigenvalue weighted by Gasteiger charge is -2.13. The predicted octanol–water partition coefficient (Wildman–Crippen LogP) is 4.18. The third-order valence-corrected chi connectivity index (χ3v) is 3.80. The summed E-state index contributed by atoms with van der Waals surface area (Å²) in [5.41, 5.74) is 4.63. The zero-order chi connectivity index (χ0) is 16.5. The van der Waals surface area contributed by atoms with Crippen LogP contribution >= 0.6 is 0 Å². The molecule has 24 heavy (non-hydrogen) atoms. The normalized spacial score (nSPS) is 10.9. The number of benzene rings is 2. The van der Waals surface area contributed by atoms with Crippen molar-refractivity contribution in [3.05, 3.63) is 72.1 Å². The molecule has 0 aliphatic heterocycles. The Morgan fingerprint density at radius 3 is 2.17 bits per heavy atom. The summed E-state index contributed by atoms with van der Waals surface area (Å²) in [4.78, 5) is 9.55. The third kappa shape index (κ3) is 2.60. The first-order valence-electron chi connectivity index (χ1n) is 7.83. The van der Waals surface area contributed by atoms with Crippen molar-refractivity contribution in [3.8, 4) is 5.82 Å². The minimum Gasteiger partial charge on any atom is -0.337 e. The second-order valence-electron chi connectivity index (χ2n) is 5.71. The van der Waals surface area contributed by atoms with E-state index in [2.05, 4.69) is 10.4 Å². The van der Waals surface area contributed by atoms with E-state index in [9.17, 15) is 0 Å². The molecule has 0 radical (unpaired) electrons. The van der Waals surface area contributed by atoms with Gasteiger partial charge in [-0.3, -0.25) is 0 Å². The van der Waals surface area contributed by atoms with Crippen molar-refractivity contribution in [1.29, 1.82) is 0 Å². The summed E-state index contributed by atoms with van der Waals surface area (Å²) in [7, 11) is 0. The summed E-state index contributed by atoms with van der Waals surface area (Å²) < 4.78 is 1.83. The molecule has 2 aromatic carbocycles. The summed E-state index contributed by atoms with van der Waals surface area (Å²) in [6.45, 7) is 3.99. The average molecular weight is 315 g/mol. The first kappa shape index (κ1) is 14.4. The fraction of sp³-hybridized carbons (Fsp3) is 0.105. The number of anilines is 2. The molecular formula is C19H17N5. The molecule has 2 aromatic heterocycles. The molecule has 0 atom stereocenters. The van der Waals surface area contributed by atoms with Crippen molar-refractivity contribution in [2.24, 2.45) is 0 Å². The van der Waals surface area contributed by atoms with E-state index in [0.717, 1.165) is 28.1 Å². The summed E-state index contributed by atoms with van der Waals surface area (Å²) in [6, 6.07) is 19.8. The van der Waals surface area contributed by atoms with E-state index < -0.39 is 0 Å². The van der Waals surface area contributed by atoms with Crippen molar-refractivity contribution >= 4 is 22.5 Å². The van der Waals surface area contributed by atoms with Gasteiger partial charge in [0.2, 0.25) is 0 Å². The van der Waals surface area contributed by atoms with Gasteiger partial charge in [-0.25, -0.2) is 14.6 Å². The number of rotatable bonds is 3.